The molecule has 0 bridgehead atoms. The third kappa shape index (κ3) is 6.19. The number of hydrogen-bond donors (Lipinski definition) is 1. The third-order valence-corrected chi connectivity index (χ3v) is 5.57. The molecule has 0 unspecified atom stereocenters. The Hall–Kier alpha value is -0.990. The number of methoxy groups -OCH3 is 2. The zero-order valence-electron chi connectivity index (χ0n) is 14.2. The van der Waals surface area contributed by atoms with E-state index < -0.39 is 16.3 Å². The number of benzene rings is 1. The molecule has 0 radical (unpaired) electrons. The van der Waals surface area contributed by atoms with Gasteiger partial charge in [-0.05, 0) is 38.4 Å². The van der Waals surface area contributed by atoms with Crippen LogP contribution in [0.15, 0.2) is 29.2 Å². The van der Waals surface area contributed by atoms with E-state index in [2.05, 4.69) is 0 Å². The SMILES string of the molecule is COC(CCN(CCCCN)S(=O)(=O)c1ccc(C)cc1)OC. The lowest BCUT2D eigenvalue weighted by Crippen LogP contribution is -2.35. The fourth-order valence-corrected chi connectivity index (χ4v) is 3.72. The number of nitrogens with two attached hydrogens (primary N) is 1. The summed E-state index contributed by atoms with van der Waals surface area (Å²) in [5, 5.41) is 0. The number of aryl methyl sites for hydroxylation is 1. The highest BCUT2D eigenvalue weighted by atomic mass is 32.2. The Morgan fingerprint density at radius 3 is 2.22 bits per heavy atom. The van der Waals surface area contributed by atoms with Crippen LogP contribution in [0.3, 0.4) is 0 Å². The van der Waals surface area contributed by atoms with Crippen LogP contribution in [0.25, 0.3) is 0 Å². The van der Waals surface area contributed by atoms with Crippen LogP contribution in [0.2, 0.25) is 0 Å². The van der Waals surface area contributed by atoms with Crippen LogP contribution in [0.5, 0.6) is 0 Å². The molecular weight excluding hydrogens is 316 g/mol. The second-order valence-corrected chi connectivity index (χ2v) is 7.34. The summed E-state index contributed by atoms with van der Waals surface area (Å²) in [5.74, 6) is 0. The van der Waals surface area contributed by atoms with Gasteiger partial charge in [0.2, 0.25) is 10.0 Å². The molecular formula is C16H28N2O4S. The molecule has 2 N–H and O–H groups in total. The Kier molecular flexibility index (Phi) is 8.72. The molecule has 132 valence electrons. The van der Waals surface area contributed by atoms with E-state index in [1.165, 1.54) is 4.31 Å². The quantitative estimate of drug-likeness (QED) is 0.488. The van der Waals surface area contributed by atoms with E-state index in [-0.39, 0.29) is 0 Å². The summed E-state index contributed by atoms with van der Waals surface area (Å²) in [5.41, 5.74) is 6.53. The van der Waals surface area contributed by atoms with Gasteiger partial charge in [-0.3, -0.25) is 0 Å². The minimum atomic E-state index is -3.53. The lowest BCUT2D eigenvalue weighted by molar-refractivity contribution is -0.107. The number of ether oxygens (including phenoxy) is 2. The van der Waals surface area contributed by atoms with Gasteiger partial charge in [-0.15, -0.1) is 0 Å². The summed E-state index contributed by atoms with van der Waals surface area (Å²) < 4.78 is 37.5. The first-order valence-electron chi connectivity index (χ1n) is 7.78. The predicted octanol–water partition coefficient (Wildman–Crippen LogP) is 1.73. The molecule has 0 spiro atoms. The molecule has 6 nitrogen and oxygen atoms in total. The average Bonchev–Trinajstić information content (AvgIpc) is 2.54. The number of nitrogens with zero attached hydrogens (tertiary/aromatic N) is 1. The highest BCUT2D eigenvalue weighted by molar-refractivity contribution is 7.89. The number of rotatable bonds is 11. The fraction of sp³-hybridized carbons (Fsp3) is 0.625. The van der Waals surface area contributed by atoms with Crippen LogP contribution in [0, 0.1) is 6.92 Å². The second kappa shape index (κ2) is 10.00. The first kappa shape index (κ1) is 20.1. The summed E-state index contributed by atoms with van der Waals surface area (Å²) in [7, 11) is -0.443. The van der Waals surface area contributed by atoms with Gasteiger partial charge in [-0.2, -0.15) is 4.31 Å². The molecule has 0 fully saturated rings. The predicted molar refractivity (Wildman–Crippen MR) is 90.6 cm³/mol. The molecule has 0 aromatic heterocycles. The smallest absolute Gasteiger partial charge is 0.243 e. The van der Waals surface area contributed by atoms with E-state index in [1.54, 1.807) is 38.5 Å². The maximum atomic E-state index is 12.8. The molecule has 1 aromatic rings. The van der Waals surface area contributed by atoms with Crippen LogP contribution in [0.1, 0.15) is 24.8 Å². The van der Waals surface area contributed by atoms with Crippen molar-refractivity contribution in [2.45, 2.75) is 37.4 Å². The summed E-state index contributed by atoms with van der Waals surface area (Å²) in [6, 6.07) is 6.89. The van der Waals surface area contributed by atoms with Crippen molar-refractivity contribution >= 4 is 10.0 Å². The maximum absolute atomic E-state index is 12.8. The van der Waals surface area contributed by atoms with Crippen molar-refractivity contribution in [3.63, 3.8) is 0 Å². The van der Waals surface area contributed by atoms with Gasteiger partial charge in [0, 0.05) is 33.7 Å². The average molecular weight is 344 g/mol. The van der Waals surface area contributed by atoms with Crippen molar-refractivity contribution in [2.75, 3.05) is 33.9 Å². The summed E-state index contributed by atoms with van der Waals surface area (Å²) >= 11 is 0. The van der Waals surface area contributed by atoms with E-state index in [0.29, 0.717) is 31.0 Å². The Balaban J connectivity index is 2.89. The first-order valence-corrected chi connectivity index (χ1v) is 9.22. The fourth-order valence-electron chi connectivity index (χ4n) is 2.23. The highest BCUT2D eigenvalue weighted by Crippen LogP contribution is 2.18. The summed E-state index contributed by atoms with van der Waals surface area (Å²) in [6.45, 7) is 3.26. The zero-order valence-corrected chi connectivity index (χ0v) is 15.0. The standard InChI is InChI=1S/C16H28N2O4S/c1-14-6-8-15(9-7-14)23(19,20)18(12-5-4-11-17)13-10-16(21-2)22-3/h6-9,16H,4-5,10-13,17H2,1-3H3. The van der Waals surface area contributed by atoms with Crippen molar-refractivity contribution in [1.82, 2.24) is 4.31 Å². The lowest BCUT2D eigenvalue weighted by Gasteiger charge is -2.24. The largest absolute Gasteiger partial charge is 0.356 e. The Morgan fingerprint density at radius 2 is 1.70 bits per heavy atom. The maximum Gasteiger partial charge on any atom is 0.243 e. The van der Waals surface area contributed by atoms with Crippen LogP contribution < -0.4 is 5.73 Å². The van der Waals surface area contributed by atoms with Gasteiger partial charge in [0.1, 0.15) is 0 Å². The second-order valence-electron chi connectivity index (χ2n) is 5.40. The van der Waals surface area contributed by atoms with E-state index in [4.69, 9.17) is 15.2 Å². The lowest BCUT2D eigenvalue weighted by atomic mass is 10.2. The summed E-state index contributed by atoms with van der Waals surface area (Å²) in [6.07, 6.45) is 1.57. The van der Waals surface area contributed by atoms with E-state index in [1.807, 2.05) is 6.92 Å². The third-order valence-electron chi connectivity index (χ3n) is 3.66. The molecule has 0 aliphatic carbocycles. The topological polar surface area (TPSA) is 81.9 Å². The van der Waals surface area contributed by atoms with Crippen molar-refractivity contribution in [1.29, 1.82) is 0 Å². The van der Waals surface area contributed by atoms with Crippen molar-refractivity contribution in [3.05, 3.63) is 29.8 Å². The Morgan fingerprint density at radius 1 is 1.09 bits per heavy atom. The van der Waals surface area contributed by atoms with Crippen LogP contribution in [-0.2, 0) is 19.5 Å². The minimum Gasteiger partial charge on any atom is -0.356 e. The van der Waals surface area contributed by atoms with Crippen molar-refractivity contribution in [2.24, 2.45) is 5.73 Å². The van der Waals surface area contributed by atoms with Gasteiger partial charge >= 0.3 is 0 Å². The van der Waals surface area contributed by atoms with Crippen molar-refractivity contribution < 1.29 is 17.9 Å². The van der Waals surface area contributed by atoms with E-state index >= 15 is 0 Å². The van der Waals surface area contributed by atoms with Crippen molar-refractivity contribution in [3.8, 4) is 0 Å². The molecule has 0 heterocycles. The number of hydrogen-bond acceptors (Lipinski definition) is 5. The van der Waals surface area contributed by atoms with Gasteiger partial charge in [0.05, 0.1) is 4.90 Å². The van der Waals surface area contributed by atoms with Gasteiger partial charge < -0.3 is 15.2 Å². The molecule has 7 heteroatoms. The zero-order chi connectivity index (χ0) is 17.3. The molecule has 23 heavy (non-hydrogen) atoms. The van der Waals surface area contributed by atoms with Gasteiger partial charge in [0.25, 0.3) is 0 Å². The number of unbranched alkanes of at least 4 members (excludes halogenated alkanes) is 1. The molecule has 0 atom stereocenters. The summed E-state index contributed by atoms with van der Waals surface area (Å²) in [4.78, 5) is 0.308. The molecule has 0 aliphatic heterocycles. The Labute approximate surface area is 139 Å². The minimum absolute atomic E-state index is 0.308. The normalized spacial score (nSPS) is 12.3. The molecule has 1 rings (SSSR count). The molecule has 0 aliphatic rings. The van der Waals surface area contributed by atoms with Gasteiger partial charge in [0.15, 0.2) is 6.29 Å². The number of sulfonamides is 1. The van der Waals surface area contributed by atoms with E-state index in [9.17, 15) is 8.42 Å². The van der Waals surface area contributed by atoms with Gasteiger partial charge in [-0.1, -0.05) is 17.7 Å². The monoisotopic (exact) mass is 344 g/mol. The van der Waals surface area contributed by atoms with Crippen LogP contribution in [0.4, 0.5) is 0 Å². The first-order chi connectivity index (χ1) is 11.0. The molecule has 0 amide bonds. The van der Waals surface area contributed by atoms with Crippen LogP contribution in [-0.4, -0.2) is 52.9 Å². The van der Waals surface area contributed by atoms with Gasteiger partial charge in [-0.25, -0.2) is 8.42 Å². The molecule has 0 saturated carbocycles. The Bertz CT molecular complexity index is 542. The highest BCUT2D eigenvalue weighted by Gasteiger charge is 2.24. The van der Waals surface area contributed by atoms with Crippen LogP contribution >= 0.6 is 0 Å². The van der Waals surface area contributed by atoms with E-state index in [0.717, 1.165) is 18.4 Å². The molecule has 0 saturated heterocycles. The molecule has 1 aromatic carbocycles.